The second kappa shape index (κ2) is 13.2. The number of carbonyl (C=O) groups is 4. The highest BCUT2D eigenvalue weighted by molar-refractivity contribution is 6.03. The number of hydrogen-bond donors (Lipinski definition) is 2. The molecule has 202 valence electrons. The maximum atomic E-state index is 12.2. The van der Waals surface area contributed by atoms with Crippen LogP contribution in [0.4, 0.5) is 4.79 Å². The van der Waals surface area contributed by atoms with Crippen molar-refractivity contribution in [3.05, 3.63) is 54.1 Å². The van der Waals surface area contributed by atoms with Gasteiger partial charge in [-0.05, 0) is 43.5 Å². The molecule has 11 nitrogen and oxygen atoms in total. The zero-order valence-electron chi connectivity index (χ0n) is 21.5. The van der Waals surface area contributed by atoms with Crippen molar-refractivity contribution in [3.63, 3.8) is 0 Å². The highest BCUT2D eigenvalue weighted by atomic mass is 16.7. The number of nitrogens with one attached hydrogen (secondary N) is 1. The molecule has 0 bridgehead atoms. The molecule has 1 aliphatic rings. The quantitative estimate of drug-likeness (QED) is 0.206. The molecule has 11 heteroatoms. The molecule has 2 amide bonds. The lowest BCUT2D eigenvalue weighted by Crippen LogP contribution is -2.31. The van der Waals surface area contributed by atoms with Crippen molar-refractivity contribution in [1.29, 1.82) is 0 Å². The number of hydrogen-bond acceptors (Lipinski definition) is 8. The van der Waals surface area contributed by atoms with E-state index in [9.17, 15) is 19.2 Å². The van der Waals surface area contributed by atoms with Crippen molar-refractivity contribution < 1.29 is 38.1 Å². The Balaban J connectivity index is 1.49. The molecule has 0 saturated carbocycles. The molecule has 2 atom stereocenters. The minimum Gasteiger partial charge on any atom is -0.491 e. The molecule has 0 aliphatic carbocycles. The van der Waals surface area contributed by atoms with Gasteiger partial charge < -0.3 is 30.0 Å². The fraction of sp³-hybridized carbons (Fsp3) is 0.370. The molecule has 1 fully saturated rings. The second-order valence-electron chi connectivity index (χ2n) is 8.95. The van der Waals surface area contributed by atoms with E-state index in [0.717, 1.165) is 11.1 Å². The van der Waals surface area contributed by atoms with E-state index in [2.05, 4.69) is 19.8 Å². The van der Waals surface area contributed by atoms with Gasteiger partial charge in [0.2, 0.25) is 12.7 Å². The van der Waals surface area contributed by atoms with Crippen molar-refractivity contribution in [1.82, 2.24) is 5.32 Å². The zero-order chi connectivity index (χ0) is 27.7. The van der Waals surface area contributed by atoms with E-state index < -0.39 is 24.8 Å². The average Bonchev–Trinajstić information content (AvgIpc) is 3.21. The van der Waals surface area contributed by atoms with Crippen molar-refractivity contribution in [2.75, 3.05) is 13.4 Å². The van der Waals surface area contributed by atoms with Crippen LogP contribution in [0.15, 0.2) is 53.5 Å². The molecular weight excluding hydrogens is 494 g/mol. The van der Waals surface area contributed by atoms with Crippen LogP contribution in [0.3, 0.4) is 0 Å². The van der Waals surface area contributed by atoms with Crippen LogP contribution in [0.5, 0.6) is 5.75 Å². The van der Waals surface area contributed by atoms with Gasteiger partial charge in [0.05, 0.1) is 24.5 Å². The summed E-state index contributed by atoms with van der Waals surface area (Å²) >= 11 is 0. The number of nitrogens with two attached hydrogens (primary N) is 1. The second-order valence-corrected chi connectivity index (χ2v) is 8.95. The molecule has 0 unspecified atom stereocenters. The van der Waals surface area contributed by atoms with Gasteiger partial charge in [-0.2, -0.15) is 4.99 Å². The van der Waals surface area contributed by atoms with Crippen LogP contribution >= 0.6 is 0 Å². The molecule has 3 N–H and O–H groups in total. The molecule has 3 rings (SSSR count). The minimum atomic E-state index is -0.968. The molecule has 2 aromatic rings. The lowest BCUT2D eigenvalue weighted by atomic mass is 10.0. The number of ether oxygens (including phenoxy) is 4. The number of esters is 2. The highest BCUT2D eigenvalue weighted by Crippen LogP contribution is 2.24. The number of rotatable bonds is 10. The van der Waals surface area contributed by atoms with E-state index in [1.165, 1.54) is 6.92 Å². The summed E-state index contributed by atoms with van der Waals surface area (Å²) in [5.74, 6) is -0.924. The molecule has 0 radical (unpaired) electrons. The lowest BCUT2D eigenvalue weighted by molar-refractivity contribution is -0.150. The summed E-state index contributed by atoms with van der Waals surface area (Å²) in [6.45, 7) is 4.49. The molecule has 38 heavy (non-hydrogen) atoms. The summed E-state index contributed by atoms with van der Waals surface area (Å²) in [6, 6.07) is 14.4. The van der Waals surface area contributed by atoms with Crippen LogP contribution in [-0.2, 0) is 28.6 Å². The molecule has 0 aromatic heterocycles. The Bertz CT molecular complexity index is 1180. The fourth-order valence-electron chi connectivity index (χ4n) is 3.76. The monoisotopic (exact) mass is 525 g/mol. The predicted molar refractivity (Wildman–Crippen MR) is 137 cm³/mol. The minimum absolute atomic E-state index is 0.0359. The van der Waals surface area contributed by atoms with Gasteiger partial charge in [-0.15, -0.1) is 0 Å². The van der Waals surface area contributed by atoms with Crippen LogP contribution in [0, 0.1) is 5.92 Å². The van der Waals surface area contributed by atoms with Gasteiger partial charge in [-0.1, -0.05) is 36.4 Å². The van der Waals surface area contributed by atoms with Gasteiger partial charge in [-0.25, -0.2) is 4.79 Å². The first-order valence-corrected chi connectivity index (χ1v) is 12.1. The maximum Gasteiger partial charge on any atom is 0.438 e. The number of nitrogens with zero attached hydrogens (tertiary/aromatic N) is 1. The Morgan fingerprint density at radius 1 is 1.03 bits per heavy atom. The van der Waals surface area contributed by atoms with Crippen molar-refractivity contribution >= 4 is 29.8 Å². The molecule has 0 spiro atoms. The summed E-state index contributed by atoms with van der Waals surface area (Å²) in [5, 5.41) is 2.87. The SMILES string of the molecule is CC(=O)OCOC(=O)N=C(N)c1ccc(-c2ccc(OC[C@@H]3C[C@@H](CC(=O)OC(C)C)C(=O)N3)cc2)cc1. The van der Waals surface area contributed by atoms with Crippen molar-refractivity contribution in [3.8, 4) is 16.9 Å². The normalized spacial score (nSPS) is 17.1. The number of carbonyl (C=O) groups excluding carboxylic acids is 4. The van der Waals surface area contributed by atoms with Crippen molar-refractivity contribution in [2.24, 2.45) is 16.6 Å². The third-order valence-electron chi connectivity index (χ3n) is 5.54. The number of aliphatic imine (C=N–C) groups is 1. The standard InChI is InChI=1S/C27H31N3O8/c1-16(2)38-24(32)13-21-12-22(29-26(21)33)14-35-23-10-8-19(9-11-23)18-4-6-20(7-5-18)25(28)30-27(34)37-15-36-17(3)31/h4-11,16,21-22H,12-15H2,1-3H3,(H,29,33)(H2,28,30,34)/t21-,22-/m0/s1. The summed E-state index contributed by atoms with van der Waals surface area (Å²) in [6.07, 6.45) is -0.612. The Morgan fingerprint density at radius 3 is 2.26 bits per heavy atom. The van der Waals surface area contributed by atoms with Crippen LogP contribution in [0.25, 0.3) is 11.1 Å². The molecule has 2 aromatic carbocycles. The van der Waals surface area contributed by atoms with E-state index >= 15 is 0 Å². The van der Waals surface area contributed by atoms with E-state index in [0.29, 0.717) is 17.7 Å². The van der Waals surface area contributed by atoms with Gasteiger partial charge in [-0.3, -0.25) is 14.4 Å². The van der Waals surface area contributed by atoms with Crippen LogP contribution < -0.4 is 15.8 Å². The van der Waals surface area contributed by atoms with Crippen LogP contribution in [0.1, 0.15) is 39.2 Å². The molecular formula is C27H31N3O8. The van der Waals surface area contributed by atoms with Crippen LogP contribution in [-0.4, -0.2) is 55.3 Å². The van der Waals surface area contributed by atoms with Crippen LogP contribution in [0.2, 0.25) is 0 Å². The van der Waals surface area contributed by atoms with Gasteiger partial charge in [0.1, 0.15) is 18.2 Å². The first kappa shape index (κ1) is 28.2. The first-order chi connectivity index (χ1) is 18.1. The number of amides is 2. The van der Waals surface area contributed by atoms with E-state index in [-0.39, 0.29) is 42.9 Å². The zero-order valence-corrected chi connectivity index (χ0v) is 21.5. The Morgan fingerprint density at radius 2 is 1.66 bits per heavy atom. The predicted octanol–water partition coefficient (Wildman–Crippen LogP) is 2.94. The van der Waals surface area contributed by atoms with Gasteiger partial charge >= 0.3 is 18.0 Å². The molecule has 1 saturated heterocycles. The van der Waals surface area contributed by atoms with Gasteiger partial charge in [0.15, 0.2) is 0 Å². The Hall–Kier alpha value is -4.41. The van der Waals surface area contributed by atoms with Crippen molar-refractivity contribution in [2.45, 2.75) is 45.8 Å². The van der Waals surface area contributed by atoms with E-state index in [1.807, 2.05) is 36.4 Å². The maximum absolute atomic E-state index is 12.2. The fourth-order valence-corrected chi connectivity index (χ4v) is 3.76. The van der Waals surface area contributed by atoms with E-state index in [4.69, 9.17) is 15.2 Å². The topological polar surface area (TPSA) is 156 Å². The Labute approximate surface area is 220 Å². The Kier molecular flexibility index (Phi) is 9.80. The summed E-state index contributed by atoms with van der Waals surface area (Å²) in [4.78, 5) is 50.0. The number of amidine groups is 1. The summed E-state index contributed by atoms with van der Waals surface area (Å²) in [7, 11) is 0. The van der Waals surface area contributed by atoms with Gasteiger partial charge in [0, 0.05) is 12.5 Å². The third kappa shape index (κ3) is 8.61. The molecule has 1 aliphatic heterocycles. The summed E-state index contributed by atoms with van der Waals surface area (Å²) < 4.78 is 20.1. The van der Waals surface area contributed by atoms with Gasteiger partial charge in [0.25, 0.3) is 0 Å². The lowest BCUT2D eigenvalue weighted by Gasteiger charge is -2.13. The average molecular weight is 526 g/mol. The smallest absolute Gasteiger partial charge is 0.438 e. The van der Waals surface area contributed by atoms with E-state index in [1.54, 1.807) is 26.0 Å². The first-order valence-electron chi connectivity index (χ1n) is 12.1. The largest absolute Gasteiger partial charge is 0.491 e. The highest BCUT2D eigenvalue weighted by Gasteiger charge is 2.34. The summed E-state index contributed by atoms with van der Waals surface area (Å²) in [5.41, 5.74) is 8.21. The molecule has 1 heterocycles. The third-order valence-corrected chi connectivity index (χ3v) is 5.54. The number of benzene rings is 2.